The summed E-state index contributed by atoms with van der Waals surface area (Å²) in [6, 6.07) is 6.91. The molecule has 192 valence electrons. The van der Waals surface area contributed by atoms with E-state index in [1.165, 1.54) is 6.26 Å². The lowest BCUT2D eigenvalue weighted by atomic mass is 9.59. The van der Waals surface area contributed by atoms with E-state index in [0.717, 1.165) is 0 Å². The number of ketones is 2. The third-order valence-electron chi connectivity index (χ3n) is 7.44. The van der Waals surface area contributed by atoms with Crippen LogP contribution in [0.3, 0.4) is 0 Å². The first-order chi connectivity index (χ1) is 17.5. The molecular weight excluding hydrogens is 500 g/mol. The number of amides is 1. The number of benzene rings is 1. The van der Waals surface area contributed by atoms with Gasteiger partial charge in [0.15, 0.2) is 11.4 Å². The van der Waals surface area contributed by atoms with E-state index in [1.807, 2.05) is 0 Å². The highest BCUT2D eigenvalue weighted by atomic mass is 32.2. The largest absolute Gasteiger partial charge is 0.508 e. The zero-order valence-corrected chi connectivity index (χ0v) is 20.5. The molecule has 11 heteroatoms. The first kappa shape index (κ1) is 24.8. The van der Waals surface area contributed by atoms with Crippen LogP contribution in [0, 0.1) is 11.8 Å². The fraction of sp³-hybridized carbons (Fsp3) is 0.308. The topological polar surface area (TPSA) is 188 Å². The molecule has 1 saturated carbocycles. The van der Waals surface area contributed by atoms with E-state index in [2.05, 4.69) is 4.98 Å². The molecular formula is C26H24N2O8S. The molecule has 1 fully saturated rings. The highest BCUT2D eigenvalue weighted by Crippen LogP contribution is 2.53. The maximum Gasteiger partial charge on any atom is 0.255 e. The predicted molar refractivity (Wildman–Crippen MR) is 132 cm³/mol. The lowest BCUT2D eigenvalue weighted by Crippen LogP contribution is -2.58. The van der Waals surface area contributed by atoms with Gasteiger partial charge in [-0.15, -0.1) is 0 Å². The van der Waals surface area contributed by atoms with Gasteiger partial charge in [0.2, 0.25) is 5.78 Å². The van der Waals surface area contributed by atoms with Crippen LogP contribution in [0.1, 0.15) is 29.5 Å². The molecule has 3 aliphatic rings. The molecule has 5 rings (SSSR count). The summed E-state index contributed by atoms with van der Waals surface area (Å²) in [5, 5.41) is 44.6. The number of Topliss-reactive ketones (excluding diaryl/α,β-unsaturated/α-hetero) is 2. The summed E-state index contributed by atoms with van der Waals surface area (Å²) < 4.78 is 12.0. The van der Waals surface area contributed by atoms with Crippen molar-refractivity contribution in [2.45, 2.75) is 30.6 Å². The number of rotatable bonds is 4. The van der Waals surface area contributed by atoms with Gasteiger partial charge in [-0.3, -0.25) is 23.6 Å². The van der Waals surface area contributed by atoms with Gasteiger partial charge in [-0.25, -0.2) is 0 Å². The van der Waals surface area contributed by atoms with Gasteiger partial charge in [-0.2, -0.15) is 0 Å². The fourth-order valence-electron chi connectivity index (χ4n) is 5.82. The average Bonchev–Trinajstić information content (AvgIpc) is 2.83. The van der Waals surface area contributed by atoms with Gasteiger partial charge < -0.3 is 26.2 Å². The summed E-state index contributed by atoms with van der Waals surface area (Å²) >= 11 is 0. The van der Waals surface area contributed by atoms with Crippen molar-refractivity contribution in [1.29, 1.82) is 0 Å². The number of carbonyl (C=O) groups is 3. The number of fused-ring (bicyclic) bond motifs is 3. The summed E-state index contributed by atoms with van der Waals surface area (Å²) in [6.45, 7) is 0. The second-order valence-electron chi connectivity index (χ2n) is 9.62. The number of aromatic hydroxyl groups is 1. The van der Waals surface area contributed by atoms with Crippen LogP contribution in [0.4, 0.5) is 0 Å². The number of primary amides is 1. The van der Waals surface area contributed by atoms with Crippen LogP contribution in [0.2, 0.25) is 0 Å². The van der Waals surface area contributed by atoms with E-state index in [-0.39, 0.29) is 47.5 Å². The summed E-state index contributed by atoms with van der Waals surface area (Å²) in [7, 11) is -1.35. The normalized spacial score (nSPS) is 25.9. The number of nitrogens with zero attached hydrogens (tertiary/aromatic N) is 1. The number of aromatic nitrogens is 1. The third-order valence-corrected chi connectivity index (χ3v) is 8.16. The molecule has 0 aliphatic heterocycles. The molecule has 4 atom stereocenters. The van der Waals surface area contributed by atoms with Crippen molar-refractivity contribution < 1.29 is 39.0 Å². The summed E-state index contributed by atoms with van der Waals surface area (Å²) in [6.07, 6.45) is 2.85. The molecule has 0 bridgehead atoms. The van der Waals surface area contributed by atoms with Crippen molar-refractivity contribution in [3.05, 3.63) is 64.1 Å². The minimum Gasteiger partial charge on any atom is -0.508 e. The minimum atomic E-state index is -2.63. The second kappa shape index (κ2) is 8.63. The Morgan fingerprint density at radius 3 is 2.57 bits per heavy atom. The number of phenolic OH excluding ortho intramolecular Hbond substituents is 1. The van der Waals surface area contributed by atoms with E-state index in [4.69, 9.17) is 5.73 Å². The number of aliphatic hydroxyl groups excluding tert-OH is 2. The lowest BCUT2D eigenvalue weighted by molar-refractivity contribution is -0.147. The van der Waals surface area contributed by atoms with Gasteiger partial charge in [-0.1, -0.05) is 6.07 Å². The van der Waals surface area contributed by atoms with Gasteiger partial charge in [0.1, 0.15) is 22.8 Å². The quantitative estimate of drug-likeness (QED) is 0.368. The van der Waals surface area contributed by atoms with Gasteiger partial charge in [0, 0.05) is 52.3 Å². The highest BCUT2D eigenvalue weighted by Gasteiger charge is 2.60. The smallest absolute Gasteiger partial charge is 0.255 e. The fourth-order valence-corrected chi connectivity index (χ4v) is 6.48. The standard InChI is InChI=1S/C26H24N2O8S/c1-37(36)10-12-8-14(16-4-2-3-5-28-16)15-7-11-6-13-9-17(29)20(25(27)34)24(33)26(13,35)23(32)18(11)22(31)19(15)21(12)30/h2-5,8,11,13,30-31,33,35H,6-7,9-10H2,1H3,(H2,27,34). The Morgan fingerprint density at radius 1 is 1.22 bits per heavy atom. The van der Waals surface area contributed by atoms with E-state index in [1.54, 1.807) is 30.5 Å². The van der Waals surface area contributed by atoms with Crippen LogP contribution >= 0.6 is 0 Å². The first-order valence-corrected chi connectivity index (χ1v) is 13.3. The number of pyridine rings is 1. The first-order valence-electron chi connectivity index (χ1n) is 11.5. The van der Waals surface area contributed by atoms with Crippen molar-refractivity contribution in [2.75, 3.05) is 6.26 Å². The second-order valence-corrected chi connectivity index (χ2v) is 11.1. The molecule has 0 saturated heterocycles. The molecule has 1 amide bonds. The van der Waals surface area contributed by atoms with E-state index in [0.29, 0.717) is 16.8 Å². The lowest BCUT2D eigenvalue weighted by Gasteiger charge is -2.46. The minimum absolute atomic E-state index is 0.0292. The molecule has 2 aromatic rings. The van der Waals surface area contributed by atoms with Crippen molar-refractivity contribution in [2.24, 2.45) is 17.6 Å². The Morgan fingerprint density at radius 2 is 1.95 bits per heavy atom. The number of hydrogen-bond acceptors (Lipinski definition) is 9. The Bertz CT molecular complexity index is 1480. The molecule has 4 unspecified atom stereocenters. The van der Waals surface area contributed by atoms with Crippen LogP contribution in [-0.4, -0.2) is 58.9 Å². The molecule has 3 aliphatic carbocycles. The van der Waals surface area contributed by atoms with Gasteiger partial charge in [0.05, 0.1) is 17.0 Å². The van der Waals surface area contributed by atoms with E-state index in [9.17, 15) is 39.0 Å². The zero-order valence-electron chi connectivity index (χ0n) is 19.7. The SMILES string of the molecule is CS(=O)Cc1cc(-c2ccccn2)c2c(c1O)C(O)=C1C(=O)C3(O)C(O)=C(C(N)=O)C(=O)CC3CC1C2. The molecule has 0 radical (unpaired) electrons. The van der Waals surface area contributed by atoms with Gasteiger partial charge in [0.25, 0.3) is 5.91 Å². The summed E-state index contributed by atoms with van der Waals surface area (Å²) in [5.41, 5.74) is 3.37. The molecule has 0 spiro atoms. The van der Waals surface area contributed by atoms with Gasteiger partial charge in [-0.05, 0) is 42.5 Å². The molecule has 1 aromatic heterocycles. The van der Waals surface area contributed by atoms with Crippen LogP contribution in [0.5, 0.6) is 5.75 Å². The van der Waals surface area contributed by atoms with Crippen LogP contribution in [0.15, 0.2) is 47.4 Å². The molecule has 37 heavy (non-hydrogen) atoms. The maximum atomic E-state index is 13.7. The molecule has 1 aromatic carbocycles. The highest BCUT2D eigenvalue weighted by molar-refractivity contribution is 7.83. The Balaban J connectivity index is 1.76. The number of phenols is 1. The Kier molecular flexibility index (Phi) is 5.80. The molecule has 6 N–H and O–H groups in total. The Labute approximate surface area is 213 Å². The van der Waals surface area contributed by atoms with E-state index < -0.39 is 62.8 Å². The molecule has 1 heterocycles. The van der Waals surface area contributed by atoms with Crippen LogP contribution in [0.25, 0.3) is 17.0 Å². The monoisotopic (exact) mass is 524 g/mol. The summed E-state index contributed by atoms with van der Waals surface area (Å²) in [4.78, 5) is 42.4. The number of carbonyl (C=O) groups excluding carboxylic acids is 3. The van der Waals surface area contributed by atoms with Crippen molar-refractivity contribution in [3.63, 3.8) is 0 Å². The van der Waals surface area contributed by atoms with Gasteiger partial charge >= 0.3 is 0 Å². The Hall–Kier alpha value is -3.83. The number of nitrogens with two attached hydrogens (primary N) is 1. The zero-order chi connectivity index (χ0) is 26.8. The van der Waals surface area contributed by atoms with Crippen LogP contribution < -0.4 is 5.73 Å². The van der Waals surface area contributed by atoms with Crippen LogP contribution in [-0.2, 0) is 37.4 Å². The van der Waals surface area contributed by atoms with Crippen molar-refractivity contribution in [3.8, 4) is 17.0 Å². The van der Waals surface area contributed by atoms with Crippen molar-refractivity contribution >= 4 is 34.0 Å². The van der Waals surface area contributed by atoms with E-state index >= 15 is 0 Å². The number of aliphatic hydroxyl groups is 3. The van der Waals surface area contributed by atoms with Crippen molar-refractivity contribution in [1.82, 2.24) is 4.98 Å². The maximum absolute atomic E-state index is 13.7. The number of hydrogen-bond donors (Lipinski definition) is 5. The third kappa shape index (κ3) is 3.60. The average molecular weight is 525 g/mol. The summed E-state index contributed by atoms with van der Waals surface area (Å²) in [5.74, 6) is -6.91. The molecule has 10 nitrogen and oxygen atoms in total. The predicted octanol–water partition coefficient (Wildman–Crippen LogP) is 1.36.